The third-order valence-corrected chi connectivity index (χ3v) is 3.79. The van der Waals surface area contributed by atoms with Crippen LogP contribution >= 0.6 is 15.9 Å². The lowest BCUT2D eigenvalue weighted by Gasteiger charge is -2.16. The highest BCUT2D eigenvalue weighted by Crippen LogP contribution is 2.24. The molecule has 1 aromatic rings. The van der Waals surface area contributed by atoms with Crippen LogP contribution in [0.2, 0.25) is 0 Å². The molecule has 0 radical (unpaired) electrons. The third kappa shape index (κ3) is 3.86. The fraction of sp³-hybridized carbons (Fsp3) is 0.538. The minimum absolute atomic E-state index is 0.513. The summed E-state index contributed by atoms with van der Waals surface area (Å²) >= 11 is 3.71. The molecule has 0 amide bonds. The summed E-state index contributed by atoms with van der Waals surface area (Å²) in [6.45, 7) is 7.20. The molecule has 0 fully saturated rings. The molecular formula is C13H19BrO. The van der Waals surface area contributed by atoms with Crippen LogP contribution in [0.5, 0.6) is 5.75 Å². The summed E-state index contributed by atoms with van der Waals surface area (Å²) in [5.41, 5.74) is 1.29. The Morgan fingerprint density at radius 3 is 2.53 bits per heavy atom. The Kier molecular flexibility index (Phi) is 5.16. The molecule has 84 valence electrons. The highest BCUT2D eigenvalue weighted by Gasteiger charge is 2.12. The Hall–Kier alpha value is -0.500. The van der Waals surface area contributed by atoms with Crippen LogP contribution < -0.4 is 4.74 Å². The van der Waals surface area contributed by atoms with Crippen molar-refractivity contribution in [3.8, 4) is 5.75 Å². The summed E-state index contributed by atoms with van der Waals surface area (Å²) in [7, 11) is 0. The first-order valence-electron chi connectivity index (χ1n) is 5.50. The first kappa shape index (κ1) is 12.6. The van der Waals surface area contributed by atoms with Crippen molar-refractivity contribution in [2.75, 3.05) is 6.61 Å². The van der Waals surface area contributed by atoms with Crippen molar-refractivity contribution >= 4 is 15.9 Å². The molecule has 1 rings (SSSR count). The minimum Gasteiger partial charge on any atom is -0.494 e. The van der Waals surface area contributed by atoms with Gasteiger partial charge < -0.3 is 4.74 Å². The molecule has 0 aliphatic heterocycles. The van der Waals surface area contributed by atoms with E-state index in [-0.39, 0.29) is 0 Å². The van der Waals surface area contributed by atoms with Crippen molar-refractivity contribution in [3.05, 3.63) is 29.8 Å². The van der Waals surface area contributed by atoms with Gasteiger partial charge in [-0.3, -0.25) is 0 Å². The molecule has 1 nitrogen and oxygen atoms in total. The number of benzene rings is 1. The monoisotopic (exact) mass is 270 g/mol. The van der Waals surface area contributed by atoms with E-state index in [2.05, 4.69) is 41.9 Å². The van der Waals surface area contributed by atoms with E-state index in [0.717, 1.165) is 18.8 Å². The largest absolute Gasteiger partial charge is 0.494 e. The minimum atomic E-state index is 0.513. The maximum Gasteiger partial charge on any atom is 0.122 e. The Morgan fingerprint density at radius 2 is 1.93 bits per heavy atom. The van der Waals surface area contributed by atoms with E-state index in [1.807, 2.05) is 19.1 Å². The van der Waals surface area contributed by atoms with Crippen LogP contribution in [0.15, 0.2) is 24.3 Å². The van der Waals surface area contributed by atoms with Crippen molar-refractivity contribution in [3.63, 3.8) is 0 Å². The quantitative estimate of drug-likeness (QED) is 0.734. The van der Waals surface area contributed by atoms with E-state index in [1.54, 1.807) is 0 Å². The number of halogens is 1. The molecule has 0 aliphatic carbocycles. The van der Waals surface area contributed by atoms with Gasteiger partial charge in [0.05, 0.1) is 6.61 Å². The van der Waals surface area contributed by atoms with Gasteiger partial charge in [-0.15, -0.1) is 0 Å². The van der Waals surface area contributed by atoms with Gasteiger partial charge in [0.25, 0.3) is 0 Å². The SMILES string of the molecule is CCOc1ccccc1CC(Br)C(C)C. The number of hydrogen-bond acceptors (Lipinski definition) is 1. The molecule has 0 heterocycles. The van der Waals surface area contributed by atoms with Gasteiger partial charge in [-0.25, -0.2) is 0 Å². The van der Waals surface area contributed by atoms with E-state index in [9.17, 15) is 0 Å². The highest BCUT2D eigenvalue weighted by molar-refractivity contribution is 9.09. The number of ether oxygens (including phenoxy) is 1. The van der Waals surface area contributed by atoms with Crippen LogP contribution in [0.4, 0.5) is 0 Å². The summed E-state index contributed by atoms with van der Waals surface area (Å²) in [6.07, 6.45) is 1.02. The molecule has 1 atom stereocenters. The maximum absolute atomic E-state index is 5.60. The summed E-state index contributed by atoms with van der Waals surface area (Å²) < 4.78 is 5.60. The molecule has 0 bridgehead atoms. The molecule has 0 aliphatic rings. The Morgan fingerprint density at radius 1 is 1.27 bits per heavy atom. The zero-order valence-corrected chi connectivity index (χ0v) is 11.3. The summed E-state index contributed by atoms with van der Waals surface area (Å²) in [5, 5.41) is 0. The lowest BCUT2D eigenvalue weighted by Crippen LogP contribution is -2.11. The lowest BCUT2D eigenvalue weighted by atomic mass is 10.0. The second kappa shape index (κ2) is 6.16. The summed E-state index contributed by atoms with van der Waals surface area (Å²) in [5.74, 6) is 1.66. The van der Waals surface area contributed by atoms with Gasteiger partial charge in [-0.1, -0.05) is 48.0 Å². The van der Waals surface area contributed by atoms with E-state index in [0.29, 0.717) is 10.7 Å². The van der Waals surface area contributed by atoms with Crippen LogP contribution in [0.3, 0.4) is 0 Å². The molecule has 1 aromatic carbocycles. The smallest absolute Gasteiger partial charge is 0.122 e. The number of rotatable bonds is 5. The zero-order chi connectivity index (χ0) is 11.3. The molecule has 0 spiro atoms. The van der Waals surface area contributed by atoms with E-state index >= 15 is 0 Å². The normalized spacial score (nSPS) is 12.9. The Labute approximate surface area is 101 Å². The fourth-order valence-corrected chi connectivity index (χ4v) is 1.76. The first-order valence-corrected chi connectivity index (χ1v) is 6.41. The number of alkyl halides is 1. The highest BCUT2D eigenvalue weighted by atomic mass is 79.9. The second-order valence-electron chi connectivity index (χ2n) is 4.00. The van der Waals surface area contributed by atoms with Gasteiger partial charge in [-0.2, -0.15) is 0 Å². The predicted molar refractivity (Wildman–Crippen MR) is 68.9 cm³/mol. The van der Waals surface area contributed by atoms with Crippen molar-refractivity contribution < 1.29 is 4.74 Å². The van der Waals surface area contributed by atoms with Gasteiger partial charge >= 0.3 is 0 Å². The van der Waals surface area contributed by atoms with E-state index in [4.69, 9.17) is 4.74 Å². The lowest BCUT2D eigenvalue weighted by molar-refractivity contribution is 0.336. The van der Waals surface area contributed by atoms with E-state index < -0.39 is 0 Å². The number of para-hydroxylation sites is 1. The maximum atomic E-state index is 5.60. The predicted octanol–water partition coefficient (Wildman–Crippen LogP) is 4.05. The topological polar surface area (TPSA) is 9.23 Å². The van der Waals surface area contributed by atoms with Gasteiger partial charge in [0.1, 0.15) is 5.75 Å². The molecule has 0 aromatic heterocycles. The standard InChI is InChI=1S/C13H19BrO/c1-4-15-13-8-6-5-7-11(13)9-12(14)10(2)3/h5-8,10,12H,4,9H2,1-3H3. The second-order valence-corrected chi connectivity index (χ2v) is 5.18. The van der Waals surface area contributed by atoms with Crippen molar-refractivity contribution in [2.24, 2.45) is 5.92 Å². The van der Waals surface area contributed by atoms with Crippen LogP contribution in [0, 0.1) is 5.92 Å². The Balaban J connectivity index is 2.74. The van der Waals surface area contributed by atoms with Crippen molar-refractivity contribution in [1.29, 1.82) is 0 Å². The third-order valence-electron chi connectivity index (χ3n) is 2.41. The Bertz CT molecular complexity index is 296. The molecule has 2 heteroatoms. The van der Waals surface area contributed by atoms with Crippen molar-refractivity contribution in [2.45, 2.75) is 32.0 Å². The first-order chi connectivity index (χ1) is 7.15. The average molecular weight is 271 g/mol. The van der Waals surface area contributed by atoms with Crippen LogP contribution in [-0.2, 0) is 6.42 Å². The summed E-state index contributed by atoms with van der Waals surface area (Å²) in [4.78, 5) is 0.513. The molecule has 1 unspecified atom stereocenters. The van der Waals surface area contributed by atoms with Gasteiger partial charge in [0.15, 0.2) is 0 Å². The average Bonchev–Trinajstić information content (AvgIpc) is 2.21. The van der Waals surface area contributed by atoms with Crippen LogP contribution in [-0.4, -0.2) is 11.4 Å². The number of hydrogen-bond donors (Lipinski definition) is 0. The molecule has 0 N–H and O–H groups in total. The molecular weight excluding hydrogens is 252 g/mol. The van der Waals surface area contributed by atoms with Gasteiger partial charge in [0.2, 0.25) is 0 Å². The fourth-order valence-electron chi connectivity index (χ4n) is 1.41. The van der Waals surface area contributed by atoms with Gasteiger partial charge in [0, 0.05) is 4.83 Å². The zero-order valence-electron chi connectivity index (χ0n) is 9.66. The van der Waals surface area contributed by atoms with Gasteiger partial charge in [-0.05, 0) is 30.9 Å². The van der Waals surface area contributed by atoms with Crippen molar-refractivity contribution in [1.82, 2.24) is 0 Å². The molecule has 0 saturated heterocycles. The van der Waals surface area contributed by atoms with Crippen LogP contribution in [0.25, 0.3) is 0 Å². The molecule has 15 heavy (non-hydrogen) atoms. The van der Waals surface area contributed by atoms with Crippen LogP contribution in [0.1, 0.15) is 26.3 Å². The molecule has 0 saturated carbocycles. The van der Waals surface area contributed by atoms with E-state index in [1.165, 1.54) is 5.56 Å². The summed E-state index contributed by atoms with van der Waals surface area (Å²) in [6, 6.07) is 8.27.